The van der Waals surface area contributed by atoms with Crippen molar-refractivity contribution in [2.75, 3.05) is 13.2 Å². The number of carbonyl (C=O) groups excluding carboxylic acids is 1. The molecular formula is C12H27N3O4. The summed E-state index contributed by atoms with van der Waals surface area (Å²) >= 11 is 0. The zero-order valence-electron chi connectivity index (χ0n) is 11.9. The summed E-state index contributed by atoms with van der Waals surface area (Å²) < 4.78 is 4.90. The molecule has 0 aromatic carbocycles. The Kier molecular flexibility index (Phi) is 17.2. The van der Waals surface area contributed by atoms with E-state index in [0.717, 1.165) is 25.8 Å². The molecule has 0 bridgehead atoms. The number of amides is 2. The van der Waals surface area contributed by atoms with Gasteiger partial charge < -0.3 is 15.6 Å². The summed E-state index contributed by atoms with van der Waals surface area (Å²) in [6.45, 7) is 5.55. The molecule has 19 heavy (non-hydrogen) atoms. The molecule has 0 saturated carbocycles. The van der Waals surface area contributed by atoms with Crippen molar-refractivity contribution in [3.05, 3.63) is 0 Å². The highest BCUT2D eigenvalue weighted by Gasteiger charge is 1.98. The van der Waals surface area contributed by atoms with Gasteiger partial charge in [-0.15, -0.1) is 0 Å². The Balaban J connectivity index is 0. The van der Waals surface area contributed by atoms with Crippen LogP contribution >= 0.6 is 0 Å². The third-order valence-electron chi connectivity index (χ3n) is 2.08. The van der Waals surface area contributed by atoms with Crippen LogP contribution in [0, 0.1) is 0 Å². The summed E-state index contributed by atoms with van der Waals surface area (Å²) in [7, 11) is 0. The van der Waals surface area contributed by atoms with E-state index in [4.69, 9.17) is 14.6 Å². The van der Waals surface area contributed by atoms with E-state index >= 15 is 0 Å². The first-order chi connectivity index (χ1) is 9.04. The maximum atomic E-state index is 11.0. The maximum Gasteiger partial charge on any atom is 0.421 e. The van der Waals surface area contributed by atoms with Crippen LogP contribution in [0.15, 0.2) is 0 Å². The fourth-order valence-corrected chi connectivity index (χ4v) is 1.12. The van der Waals surface area contributed by atoms with Crippen LogP contribution in [-0.4, -0.2) is 30.4 Å². The predicted molar refractivity (Wildman–Crippen MR) is 73.7 cm³/mol. The van der Waals surface area contributed by atoms with E-state index in [1.807, 2.05) is 0 Å². The minimum Gasteiger partial charge on any atom is -0.465 e. The first kappa shape index (κ1) is 19.8. The van der Waals surface area contributed by atoms with Gasteiger partial charge in [-0.05, 0) is 12.8 Å². The van der Waals surface area contributed by atoms with Gasteiger partial charge in [-0.3, -0.25) is 5.43 Å². The number of nitrogens with one attached hydrogen (secondary N) is 2. The second kappa shape index (κ2) is 16.5. The molecule has 2 amide bonds. The van der Waals surface area contributed by atoms with Crippen LogP contribution in [0.5, 0.6) is 0 Å². The molecule has 0 aromatic rings. The Bertz CT molecular complexity index is 221. The molecule has 0 rings (SSSR count). The third-order valence-corrected chi connectivity index (χ3v) is 2.08. The number of nitrogens with two attached hydrogens (primary N) is 1. The molecule has 0 heterocycles. The normalized spacial score (nSPS) is 9.16. The lowest BCUT2D eigenvalue weighted by Crippen LogP contribution is -2.38. The Morgan fingerprint density at radius 1 is 1.11 bits per heavy atom. The number of primary amides is 1. The van der Waals surface area contributed by atoms with Crippen LogP contribution < -0.4 is 16.6 Å². The summed E-state index contributed by atoms with van der Waals surface area (Å²) in [5.74, 6) is 0. The molecular weight excluding hydrogens is 250 g/mol. The number of hydrazine groups is 1. The van der Waals surface area contributed by atoms with Gasteiger partial charge in [-0.2, -0.15) is 0 Å². The first-order valence-electron chi connectivity index (χ1n) is 6.68. The topological polar surface area (TPSA) is 114 Å². The first-order valence-corrected chi connectivity index (χ1v) is 6.68. The number of ether oxygens (including phenoxy) is 1. The average Bonchev–Trinajstić information content (AvgIpc) is 2.33. The van der Waals surface area contributed by atoms with Gasteiger partial charge in [-0.25, -0.2) is 15.0 Å². The smallest absolute Gasteiger partial charge is 0.421 e. The van der Waals surface area contributed by atoms with Gasteiger partial charge in [0.15, 0.2) is 0 Å². The molecule has 0 unspecified atom stereocenters. The van der Waals surface area contributed by atoms with Gasteiger partial charge in [0.2, 0.25) is 0 Å². The average molecular weight is 277 g/mol. The number of rotatable bonds is 9. The van der Waals surface area contributed by atoms with E-state index in [-0.39, 0.29) is 6.09 Å². The Morgan fingerprint density at radius 3 is 2.21 bits per heavy atom. The predicted octanol–water partition coefficient (Wildman–Crippen LogP) is 2.22. The number of hydrogen-bond donors (Lipinski definition) is 4. The van der Waals surface area contributed by atoms with Gasteiger partial charge in [-0.1, -0.05) is 39.5 Å². The van der Waals surface area contributed by atoms with E-state index in [0.29, 0.717) is 6.61 Å². The SMILES string of the molecule is CCCCCCNNC(=O)OCCCC.NC(=O)O. The summed E-state index contributed by atoms with van der Waals surface area (Å²) in [4.78, 5) is 19.8. The Morgan fingerprint density at radius 2 is 1.68 bits per heavy atom. The fourth-order valence-electron chi connectivity index (χ4n) is 1.12. The molecule has 0 atom stereocenters. The van der Waals surface area contributed by atoms with Crippen LogP contribution in [0.25, 0.3) is 0 Å². The van der Waals surface area contributed by atoms with E-state index < -0.39 is 6.09 Å². The van der Waals surface area contributed by atoms with E-state index in [1.54, 1.807) is 0 Å². The Labute approximate surface area is 114 Å². The summed E-state index contributed by atoms with van der Waals surface area (Å²) in [6, 6.07) is 0. The van der Waals surface area contributed by atoms with Crippen molar-refractivity contribution in [2.24, 2.45) is 5.73 Å². The van der Waals surface area contributed by atoms with Crippen molar-refractivity contribution in [2.45, 2.75) is 52.4 Å². The molecule has 0 aliphatic carbocycles. The van der Waals surface area contributed by atoms with Gasteiger partial charge >= 0.3 is 12.2 Å². The molecule has 0 spiro atoms. The molecule has 0 aromatic heterocycles. The number of carboxylic acid groups (broad SMARTS) is 1. The largest absolute Gasteiger partial charge is 0.465 e. The van der Waals surface area contributed by atoms with Crippen LogP contribution in [0.1, 0.15) is 52.4 Å². The Hall–Kier alpha value is -1.50. The highest BCUT2D eigenvalue weighted by molar-refractivity contribution is 5.66. The third kappa shape index (κ3) is 26.2. The maximum absolute atomic E-state index is 11.0. The zero-order chi connectivity index (χ0) is 14.9. The van der Waals surface area contributed by atoms with Gasteiger partial charge in [0.05, 0.1) is 6.61 Å². The van der Waals surface area contributed by atoms with Crippen molar-refractivity contribution in [1.29, 1.82) is 0 Å². The molecule has 114 valence electrons. The summed E-state index contributed by atoms with van der Waals surface area (Å²) in [5.41, 5.74) is 9.38. The molecule has 0 aliphatic heterocycles. The highest BCUT2D eigenvalue weighted by Crippen LogP contribution is 1.96. The van der Waals surface area contributed by atoms with E-state index in [2.05, 4.69) is 30.4 Å². The summed E-state index contributed by atoms with van der Waals surface area (Å²) in [5, 5.41) is 7.19. The van der Waals surface area contributed by atoms with Crippen molar-refractivity contribution < 1.29 is 19.4 Å². The minimum absolute atomic E-state index is 0.376. The standard InChI is InChI=1S/C11H24N2O2.CH3NO2/c1-3-5-7-8-9-12-13-11(14)15-10-6-4-2;2-1(3)4/h12H,3-10H2,1-2H3,(H,13,14);2H2,(H,3,4). The lowest BCUT2D eigenvalue weighted by Gasteiger charge is -2.07. The van der Waals surface area contributed by atoms with Crippen molar-refractivity contribution in [1.82, 2.24) is 10.9 Å². The second-order valence-corrected chi connectivity index (χ2v) is 3.94. The van der Waals surface area contributed by atoms with Crippen LogP contribution in [-0.2, 0) is 4.74 Å². The van der Waals surface area contributed by atoms with Crippen molar-refractivity contribution >= 4 is 12.2 Å². The van der Waals surface area contributed by atoms with Gasteiger partial charge in [0.25, 0.3) is 0 Å². The van der Waals surface area contributed by atoms with E-state index in [9.17, 15) is 4.79 Å². The monoisotopic (exact) mass is 277 g/mol. The number of hydrogen-bond acceptors (Lipinski definition) is 4. The van der Waals surface area contributed by atoms with Crippen LogP contribution in [0.4, 0.5) is 9.59 Å². The quantitative estimate of drug-likeness (QED) is 0.381. The van der Waals surface area contributed by atoms with E-state index in [1.165, 1.54) is 19.3 Å². The molecule has 7 heteroatoms. The molecule has 5 N–H and O–H groups in total. The van der Waals surface area contributed by atoms with Crippen LogP contribution in [0.3, 0.4) is 0 Å². The molecule has 0 aliphatic rings. The lowest BCUT2D eigenvalue weighted by atomic mass is 10.2. The number of carbonyl (C=O) groups is 2. The highest BCUT2D eigenvalue weighted by atomic mass is 16.6. The zero-order valence-corrected chi connectivity index (χ0v) is 11.9. The molecule has 0 saturated heterocycles. The second-order valence-electron chi connectivity index (χ2n) is 3.94. The van der Waals surface area contributed by atoms with Crippen molar-refractivity contribution in [3.63, 3.8) is 0 Å². The van der Waals surface area contributed by atoms with Gasteiger partial charge in [0, 0.05) is 6.54 Å². The minimum atomic E-state index is -1.33. The van der Waals surface area contributed by atoms with Crippen LogP contribution in [0.2, 0.25) is 0 Å². The number of unbranched alkanes of at least 4 members (excludes halogenated alkanes) is 4. The molecule has 0 fully saturated rings. The summed E-state index contributed by atoms with van der Waals surface area (Å²) in [6.07, 6.45) is 5.02. The molecule has 0 radical (unpaired) electrons. The van der Waals surface area contributed by atoms with Gasteiger partial charge in [0.1, 0.15) is 0 Å². The lowest BCUT2D eigenvalue weighted by molar-refractivity contribution is 0.139. The fraction of sp³-hybridized carbons (Fsp3) is 0.833. The van der Waals surface area contributed by atoms with Crippen molar-refractivity contribution in [3.8, 4) is 0 Å². The molecule has 7 nitrogen and oxygen atoms in total.